The van der Waals surface area contributed by atoms with Crippen molar-refractivity contribution in [3.63, 3.8) is 0 Å². The molecule has 1 aromatic carbocycles. The Balaban J connectivity index is 0.00000220. The second-order valence-corrected chi connectivity index (χ2v) is 5.17. The number of hydrogen-bond acceptors (Lipinski definition) is 3. The maximum absolute atomic E-state index is 9.75. The Bertz CT molecular complexity index is 494. The van der Waals surface area contributed by atoms with Gasteiger partial charge in [0.05, 0.1) is 13.7 Å². The fourth-order valence-electron chi connectivity index (χ4n) is 2.02. The van der Waals surface area contributed by atoms with Gasteiger partial charge < -0.3 is 20.5 Å². The Morgan fingerprint density at radius 3 is 2.71 bits per heavy atom. The van der Waals surface area contributed by atoms with Crippen LogP contribution in [0.5, 0.6) is 11.5 Å². The van der Waals surface area contributed by atoms with E-state index < -0.39 is 0 Å². The number of rotatable bonds is 5. The van der Waals surface area contributed by atoms with E-state index >= 15 is 0 Å². The fraction of sp³-hybridized carbons (Fsp3) is 0.533. The largest absolute Gasteiger partial charge is 0.504 e. The lowest BCUT2D eigenvalue weighted by molar-refractivity contribution is 0.373. The first-order chi connectivity index (χ1) is 9.63. The summed E-state index contributed by atoms with van der Waals surface area (Å²) in [4.78, 5) is 4.54. The summed E-state index contributed by atoms with van der Waals surface area (Å²) in [5.74, 6) is 2.18. The average molecular weight is 405 g/mol. The summed E-state index contributed by atoms with van der Waals surface area (Å²) in [6.45, 7) is 5.63. The van der Waals surface area contributed by atoms with Crippen LogP contribution in [-0.4, -0.2) is 30.8 Å². The van der Waals surface area contributed by atoms with Crippen LogP contribution >= 0.6 is 24.0 Å². The number of benzene rings is 1. The lowest BCUT2D eigenvalue weighted by Crippen LogP contribution is -2.39. The average Bonchev–Trinajstić information content (AvgIpc) is 3.12. The number of phenols is 1. The Kier molecular flexibility index (Phi) is 7.07. The first-order valence-corrected chi connectivity index (χ1v) is 7.04. The number of nitrogens with one attached hydrogen (secondary N) is 2. The number of nitrogens with zero attached hydrogens (tertiary/aromatic N) is 1. The smallest absolute Gasteiger partial charge is 0.191 e. The van der Waals surface area contributed by atoms with E-state index in [9.17, 15) is 5.11 Å². The van der Waals surface area contributed by atoms with E-state index in [0.717, 1.165) is 24.0 Å². The van der Waals surface area contributed by atoms with Gasteiger partial charge in [-0.25, -0.2) is 4.99 Å². The molecule has 0 aromatic heterocycles. The standard InChI is InChI=1S/C15H23N3O2.HI/c1-4-16-15(18-12-7-10(12)2)17-9-11-5-6-14(20-3)13(19)8-11;/h5-6,8,10,12,19H,4,7,9H2,1-3H3,(H2,16,17,18);1H. The van der Waals surface area contributed by atoms with Crippen molar-refractivity contribution >= 4 is 29.9 Å². The molecule has 0 amide bonds. The van der Waals surface area contributed by atoms with Gasteiger partial charge in [0.15, 0.2) is 17.5 Å². The number of aromatic hydroxyl groups is 1. The van der Waals surface area contributed by atoms with Crippen LogP contribution in [-0.2, 0) is 6.54 Å². The van der Waals surface area contributed by atoms with Gasteiger partial charge in [0.1, 0.15) is 0 Å². The second-order valence-electron chi connectivity index (χ2n) is 5.17. The van der Waals surface area contributed by atoms with E-state index in [2.05, 4.69) is 22.5 Å². The third-order valence-corrected chi connectivity index (χ3v) is 3.44. The SMILES string of the molecule is CCNC(=NCc1ccc(OC)c(O)c1)NC1CC1C.I. The predicted octanol–water partition coefficient (Wildman–Crippen LogP) is 2.48. The van der Waals surface area contributed by atoms with Crippen molar-refractivity contribution in [1.82, 2.24) is 10.6 Å². The molecule has 2 atom stereocenters. The molecule has 0 spiro atoms. The maximum Gasteiger partial charge on any atom is 0.191 e. The number of guanidine groups is 1. The fourth-order valence-corrected chi connectivity index (χ4v) is 2.02. The Morgan fingerprint density at radius 1 is 1.48 bits per heavy atom. The monoisotopic (exact) mass is 405 g/mol. The van der Waals surface area contributed by atoms with E-state index in [0.29, 0.717) is 18.3 Å². The van der Waals surface area contributed by atoms with Crippen molar-refractivity contribution < 1.29 is 9.84 Å². The molecule has 1 aliphatic rings. The minimum absolute atomic E-state index is 0. The van der Waals surface area contributed by atoms with E-state index in [4.69, 9.17) is 4.74 Å². The lowest BCUT2D eigenvalue weighted by Gasteiger charge is -2.11. The molecule has 3 N–H and O–H groups in total. The number of ether oxygens (including phenoxy) is 1. The van der Waals surface area contributed by atoms with Crippen LogP contribution in [0.4, 0.5) is 0 Å². The molecule has 1 aliphatic carbocycles. The van der Waals surface area contributed by atoms with Gasteiger partial charge in [-0.2, -0.15) is 0 Å². The highest BCUT2D eigenvalue weighted by Gasteiger charge is 2.33. The van der Waals surface area contributed by atoms with Gasteiger partial charge in [0.25, 0.3) is 0 Å². The molecule has 118 valence electrons. The summed E-state index contributed by atoms with van der Waals surface area (Å²) in [6.07, 6.45) is 1.20. The molecule has 2 rings (SSSR count). The number of halogens is 1. The number of hydrogen-bond donors (Lipinski definition) is 3. The third-order valence-electron chi connectivity index (χ3n) is 3.44. The first kappa shape index (κ1) is 17.9. The van der Waals surface area contributed by atoms with Crippen molar-refractivity contribution in [2.75, 3.05) is 13.7 Å². The first-order valence-electron chi connectivity index (χ1n) is 7.04. The summed E-state index contributed by atoms with van der Waals surface area (Å²) in [6, 6.07) is 5.89. The van der Waals surface area contributed by atoms with Gasteiger partial charge >= 0.3 is 0 Å². The minimum Gasteiger partial charge on any atom is -0.504 e. The van der Waals surface area contributed by atoms with Crippen LogP contribution in [0.3, 0.4) is 0 Å². The van der Waals surface area contributed by atoms with Crippen LogP contribution in [0.15, 0.2) is 23.2 Å². The molecule has 0 heterocycles. The summed E-state index contributed by atoms with van der Waals surface area (Å²) >= 11 is 0. The van der Waals surface area contributed by atoms with Gasteiger partial charge in [-0.1, -0.05) is 13.0 Å². The topological polar surface area (TPSA) is 65.9 Å². The van der Waals surface area contributed by atoms with Crippen LogP contribution in [0.25, 0.3) is 0 Å². The Labute approximate surface area is 143 Å². The molecule has 0 radical (unpaired) electrons. The van der Waals surface area contributed by atoms with Crippen molar-refractivity contribution in [2.45, 2.75) is 32.9 Å². The van der Waals surface area contributed by atoms with Gasteiger partial charge in [-0.05, 0) is 37.0 Å². The van der Waals surface area contributed by atoms with Crippen molar-refractivity contribution in [3.05, 3.63) is 23.8 Å². The molecule has 0 aliphatic heterocycles. The summed E-state index contributed by atoms with van der Waals surface area (Å²) in [5.41, 5.74) is 0.948. The zero-order valence-electron chi connectivity index (χ0n) is 12.7. The molecular formula is C15H24IN3O2. The van der Waals surface area contributed by atoms with Crippen molar-refractivity contribution in [3.8, 4) is 11.5 Å². The highest BCUT2D eigenvalue weighted by Crippen LogP contribution is 2.29. The van der Waals surface area contributed by atoms with Gasteiger partial charge in [0.2, 0.25) is 0 Å². The lowest BCUT2D eigenvalue weighted by atomic mass is 10.2. The summed E-state index contributed by atoms with van der Waals surface area (Å²) in [7, 11) is 1.54. The molecule has 2 unspecified atom stereocenters. The molecular weight excluding hydrogens is 381 g/mol. The van der Waals surface area contributed by atoms with E-state index in [1.165, 1.54) is 13.5 Å². The molecule has 5 nitrogen and oxygen atoms in total. The number of methoxy groups -OCH3 is 1. The maximum atomic E-state index is 9.75. The highest BCUT2D eigenvalue weighted by molar-refractivity contribution is 14.0. The van der Waals surface area contributed by atoms with Crippen molar-refractivity contribution in [2.24, 2.45) is 10.9 Å². The normalized spacial score (nSPS) is 20.4. The van der Waals surface area contributed by atoms with Crippen LogP contribution in [0.1, 0.15) is 25.8 Å². The van der Waals surface area contributed by atoms with E-state index in [1.807, 2.05) is 13.0 Å². The van der Waals surface area contributed by atoms with Gasteiger partial charge in [-0.3, -0.25) is 0 Å². The zero-order valence-corrected chi connectivity index (χ0v) is 15.0. The Morgan fingerprint density at radius 2 is 2.19 bits per heavy atom. The zero-order chi connectivity index (χ0) is 14.5. The van der Waals surface area contributed by atoms with Gasteiger partial charge in [0, 0.05) is 12.6 Å². The highest BCUT2D eigenvalue weighted by atomic mass is 127. The van der Waals surface area contributed by atoms with E-state index in [1.54, 1.807) is 12.1 Å². The van der Waals surface area contributed by atoms with Crippen LogP contribution in [0.2, 0.25) is 0 Å². The molecule has 21 heavy (non-hydrogen) atoms. The molecule has 6 heteroatoms. The summed E-state index contributed by atoms with van der Waals surface area (Å²) < 4.78 is 5.03. The minimum atomic E-state index is 0. The number of aliphatic imine (C=N–C) groups is 1. The Hall–Kier alpha value is -1.18. The van der Waals surface area contributed by atoms with Crippen LogP contribution < -0.4 is 15.4 Å². The second kappa shape index (κ2) is 8.31. The molecule has 1 saturated carbocycles. The van der Waals surface area contributed by atoms with E-state index in [-0.39, 0.29) is 29.7 Å². The molecule has 0 bridgehead atoms. The van der Waals surface area contributed by atoms with Crippen molar-refractivity contribution in [1.29, 1.82) is 0 Å². The molecule has 1 fully saturated rings. The quantitative estimate of drug-likeness (QED) is 0.400. The number of phenolic OH excluding ortho intramolecular Hbond substituents is 1. The van der Waals surface area contributed by atoms with Crippen LogP contribution in [0, 0.1) is 5.92 Å². The molecule has 1 aromatic rings. The predicted molar refractivity (Wildman–Crippen MR) is 95.6 cm³/mol. The van der Waals surface area contributed by atoms with Gasteiger partial charge in [-0.15, -0.1) is 24.0 Å². The third kappa shape index (κ3) is 5.26. The molecule has 0 saturated heterocycles. The summed E-state index contributed by atoms with van der Waals surface area (Å²) in [5, 5.41) is 16.4.